The number of fused-ring (bicyclic) bond motifs is 11. The van der Waals surface area contributed by atoms with Gasteiger partial charge in [-0.15, -0.1) is 11.3 Å². The maximum atomic E-state index is 16.2. The first-order chi connectivity index (χ1) is 24.8. The molecule has 10 nitrogen and oxygen atoms in total. The molecule has 0 spiro atoms. The van der Waals surface area contributed by atoms with Gasteiger partial charge in [-0.05, 0) is 49.7 Å². The van der Waals surface area contributed by atoms with Crippen molar-refractivity contribution >= 4 is 39.6 Å². The van der Waals surface area contributed by atoms with Gasteiger partial charge in [-0.3, -0.25) is 14.4 Å². The molecule has 0 amide bonds. The lowest BCUT2D eigenvalue weighted by Crippen LogP contribution is -2.33. The zero-order valence-corrected chi connectivity index (χ0v) is 29.4. The summed E-state index contributed by atoms with van der Waals surface area (Å²) in [5.41, 5.74) is 5.23. The number of hydrogen-bond donors (Lipinski definition) is 2. The highest BCUT2D eigenvalue weighted by Gasteiger charge is 2.30. The van der Waals surface area contributed by atoms with Crippen LogP contribution in [0, 0.1) is 17.0 Å². The Morgan fingerprint density at radius 1 is 1.04 bits per heavy atom. The van der Waals surface area contributed by atoms with Crippen molar-refractivity contribution in [3.05, 3.63) is 89.5 Å². The number of pyridine rings is 1. The second-order valence-corrected chi connectivity index (χ2v) is 12.8. The maximum absolute atomic E-state index is 16.2. The number of carbonyl (C=O) groups is 1. The number of aromatic nitrogens is 3. The zero-order chi connectivity index (χ0) is 36.1. The van der Waals surface area contributed by atoms with E-state index in [0.29, 0.717) is 59.0 Å². The Kier molecular flexibility index (Phi) is 11.0. The molecule has 1 atom stereocenters. The van der Waals surface area contributed by atoms with E-state index >= 15 is 4.39 Å². The summed E-state index contributed by atoms with van der Waals surface area (Å²) in [6, 6.07) is 9.86. The number of hydrogen-bond acceptors (Lipinski definition) is 10. The van der Waals surface area contributed by atoms with Crippen molar-refractivity contribution in [1.82, 2.24) is 19.7 Å². The lowest BCUT2D eigenvalue weighted by Gasteiger charge is -2.30. The molecule has 5 heterocycles. The summed E-state index contributed by atoms with van der Waals surface area (Å²) >= 11 is 1.43. The third kappa shape index (κ3) is 7.18. The van der Waals surface area contributed by atoms with Crippen LogP contribution in [0.15, 0.2) is 66.6 Å². The summed E-state index contributed by atoms with van der Waals surface area (Å²) in [4.78, 5) is 16.6. The van der Waals surface area contributed by atoms with E-state index < -0.39 is 11.6 Å². The number of rotatable bonds is 4. The van der Waals surface area contributed by atoms with Gasteiger partial charge < -0.3 is 24.9 Å². The van der Waals surface area contributed by atoms with Crippen LogP contribution in [0.5, 0.6) is 11.5 Å². The number of benzene rings is 2. The first-order valence-electron chi connectivity index (χ1n) is 16.4. The molecular formula is C38H38F2N6O4S. The number of carbonyl (C=O) groups excluding carboxylic acids is 1. The number of halogens is 2. The second-order valence-electron chi connectivity index (χ2n) is 11.8. The SMILES string of the molecule is C=CC=O.CNc1cc2c(cc1C=N)-c1nc(-c3cc4n(n3)CCN(C)C4C)c(c3sccc13)-c1c(F)cc(F)cc1OCCOC/C=C/CO2. The standard InChI is InChI=1S/C35H34F2N6O3S.C3H4O/c1-20-28-17-27(41-43(28)8-7-42(20)3)34-32-31-25(37)15-22(36)16-30(31)46-12-11-44-9-4-5-10-45-29-18-26(39-2)21(19-38)14-24(29)33(40-34)23-6-13-47-35(23)32;1-2-3-4/h4-6,13-20,38-39H,7-12H2,1-3H3;2-3H,1H2/b5-4+,38-19?;. The van der Waals surface area contributed by atoms with Crippen molar-refractivity contribution < 1.29 is 27.8 Å². The number of aldehydes is 1. The average molecular weight is 713 g/mol. The Bertz CT molecular complexity index is 2120. The molecular weight excluding hydrogens is 675 g/mol. The van der Waals surface area contributed by atoms with E-state index in [2.05, 4.69) is 30.8 Å². The molecule has 5 aromatic rings. The Morgan fingerprint density at radius 3 is 2.61 bits per heavy atom. The van der Waals surface area contributed by atoms with Crippen LogP contribution < -0.4 is 14.8 Å². The molecule has 2 bridgehead atoms. The molecule has 7 rings (SSSR count). The van der Waals surface area contributed by atoms with Crippen LogP contribution in [0.3, 0.4) is 0 Å². The smallest absolute Gasteiger partial charge is 0.142 e. The maximum Gasteiger partial charge on any atom is 0.142 e. The summed E-state index contributed by atoms with van der Waals surface area (Å²) in [5.74, 6) is -0.894. The number of ether oxygens (including phenoxy) is 3. The first-order valence-corrected chi connectivity index (χ1v) is 17.3. The Labute approximate surface area is 298 Å². The van der Waals surface area contributed by atoms with Crippen molar-refractivity contribution in [2.24, 2.45) is 0 Å². The first kappa shape index (κ1) is 35.6. The number of anilines is 1. The highest BCUT2D eigenvalue weighted by molar-refractivity contribution is 7.18. The zero-order valence-electron chi connectivity index (χ0n) is 28.5. The van der Waals surface area contributed by atoms with Gasteiger partial charge in [0.1, 0.15) is 54.0 Å². The van der Waals surface area contributed by atoms with Crippen LogP contribution in [0.2, 0.25) is 0 Å². The van der Waals surface area contributed by atoms with Crippen molar-refractivity contribution in [1.29, 1.82) is 5.41 Å². The monoisotopic (exact) mass is 712 g/mol. The predicted octanol–water partition coefficient (Wildman–Crippen LogP) is 7.53. The molecule has 3 aromatic heterocycles. The third-order valence-corrected chi connectivity index (χ3v) is 9.74. The molecule has 1 unspecified atom stereocenters. The van der Waals surface area contributed by atoms with Crippen LogP contribution in [0.25, 0.3) is 43.9 Å². The lowest BCUT2D eigenvalue weighted by molar-refractivity contribution is -0.104. The molecule has 264 valence electrons. The minimum atomic E-state index is -0.766. The summed E-state index contributed by atoms with van der Waals surface area (Å²) in [6.45, 7) is 7.64. The quantitative estimate of drug-likeness (QED) is 0.0851. The molecule has 0 aliphatic carbocycles. The topological polar surface area (TPSA) is 115 Å². The number of thiophene rings is 1. The Balaban J connectivity index is 0.00000107. The van der Waals surface area contributed by atoms with Gasteiger partial charge in [0.05, 0.1) is 36.7 Å². The fraction of sp³-hybridized carbons (Fsp3) is 0.263. The van der Waals surface area contributed by atoms with Crippen LogP contribution in [-0.2, 0) is 16.1 Å². The van der Waals surface area contributed by atoms with Gasteiger partial charge in [0.25, 0.3) is 0 Å². The summed E-state index contributed by atoms with van der Waals surface area (Å²) < 4.78 is 51.7. The molecule has 13 heteroatoms. The Morgan fingerprint density at radius 2 is 1.84 bits per heavy atom. The van der Waals surface area contributed by atoms with Crippen molar-refractivity contribution in [2.75, 3.05) is 52.4 Å². The number of nitrogens with one attached hydrogen (secondary N) is 2. The summed E-state index contributed by atoms with van der Waals surface area (Å²) in [5, 5.41) is 19.0. The van der Waals surface area contributed by atoms with Gasteiger partial charge in [0.2, 0.25) is 0 Å². The fourth-order valence-corrected chi connectivity index (χ4v) is 7.11. The molecule has 2 N–H and O–H groups in total. The minimum Gasteiger partial charge on any atom is -0.490 e. The molecule has 2 aliphatic heterocycles. The number of likely N-dealkylation sites (N-methyl/N-ethyl adjacent to an activating group) is 1. The van der Waals surface area contributed by atoms with Gasteiger partial charge in [-0.25, -0.2) is 13.8 Å². The molecule has 2 aromatic carbocycles. The van der Waals surface area contributed by atoms with Gasteiger partial charge >= 0.3 is 0 Å². The molecule has 2 aliphatic rings. The highest BCUT2D eigenvalue weighted by Crippen LogP contribution is 2.49. The normalized spacial score (nSPS) is 16.6. The van der Waals surface area contributed by atoms with E-state index in [4.69, 9.17) is 34.5 Å². The molecule has 0 radical (unpaired) electrons. The largest absolute Gasteiger partial charge is 0.490 e. The number of nitrogens with zero attached hydrogens (tertiary/aromatic N) is 4. The second kappa shape index (κ2) is 15.8. The van der Waals surface area contributed by atoms with Crippen molar-refractivity contribution in [3.8, 4) is 45.3 Å². The fourth-order valence-electron chi connectivity index (χ4n) is 6.16. The van der Waals surface area contributed by atoms with Crippen LogP contribution >= 0.6 is 11.3 Å². The minimum absolute atomic E-state index is 0.0574. The highest BCUT2D eigenvalue weighted by atomic mass is 32.1. The molecule has 0 saturated heterocycles. The van der Waals surface area contributed by atoms with Crippen LogP contribution in [0.1, 0.15) is 24.2 Å². The summed E-state index contributed by atoms with van der Waals surface area (Å²) in [6.07, 6.45) is 6.82. The van der Waals surface area contributed by atoms with Crippen molar-refractivity contribution in [2.45, 2.75) is 19.5 Å². The molecule has 51 heavy (non-hydrogen) atoms. The van der Waals surface area contributed by atoms with Crippen molar-refractivity contribution in [3.63, 3.8) is 0 Å². The molecule has 0 saturated carbocycles. The van der Waals surface area contributed by atoms with Gasteiger partial charge in [0, 0.05) is 76.5 Å². The lowest BCUT2D eigenvalue weighted by atomic mass is 9.95. The summed E-state index contributed by atoms with van der Waals surface area (Å²) in [7, 11) is 3.87. The van der Waals surface area contributed by atoms with E-state index in [9.17, 15) is 4.39 Å². The predicted molar refractivity (Wildman–Crippen MR) is 197 cm³/mol. The van der Waals surface area contributed by atoms with Gasteiger partial charge in [-0.2, -0.15) is 5.10 Å². The van der Waals surface area contributed by atoms with E-state index in [0.717, 1.165) is 34.1 Å². The van der Waals surface area contributed by atoms with E-state index in [-0.39, 0.29) is 37.2 Å². The van der Waals surface area contributed by atoms with Gasteiger partial charge in [-0.1, -0.05) is 12.7 Å². The molecule has 0 fully saturated rings. The van der Waals surface area contributed by atoms with E-state index in [1.807, 2.05) is 46.5 Å². The van der Waals surface area contributed by atoms with E-state index in [1.54, 1.807) is 7.05 Å². The Hall–Kier alpha value is -5.24. The average Bonchev–Trinajstić information content (AvgIpc) is 3.80. The van der Waals surface area contributed by atoms with Crippen LogP contribution in [-0.4, -0.2) is 79.2 Å². The third-order valence-electron chi connectivity index (χ3n) is 8.81. The van der Waals surface area contributed by atoms with E-state index in [1.165, 1.54) is 29.7 Å². The van der Waals surface area contributed by atoms with Crippen LogP contribution in [0.4, 0.5) is 14.5 Å². The number of allylic oxidation sites excluding steroid dienone is 1. The van der Waals surface area contributed by atoms with Gasteiger partial charge in [0.15, 0.2) is 0 Å².